The molecule has 0 bridgehead atoms. The average Bonchev–Trinajstić information content (AvgIpc) is 2.44. The summed E-state index contributed by atoms with van der Waals surface area (Å²) in [6.07, 6.45) is 0. The number of fused-ring (bicyclic) bond motifs is 1. The number of rotatable bonds is 2. The van der Waals surface area contributed by atoms with Gasteiger partial charge in [0.2, 0.25) is 0 Å². The van der Waals surface area contributed by atoms with Gasteiger partial charge in [0.15, 0.2) is 0 Å². The van der Waals surface area contributed by atoms with Crippen LogP contribution in [0.1, 0.15) is 5.76 Å². The molecule has 1 nitrogen and oxygen atoms in total. The molecule has 1 heterocycles. The molecule has 0 aliphatic heterocycles. The van der Waals surface area contributed by atoms with Crippen molar-refractivity contribution >= 4 is 43.2 Å². The minimum atomic E-state index is 0.950. The van der Waals surface area contributed by atoms with Crippen molar-refractivity contribution in [2.24, 2.45) is 0 Å². The van der Waals surface area contributed by atoms with Crippen LogP contribution in [0.25, 0.3) is 11.0 Å². The molecule has 0 aliphatic carbocycles. The third-order valence-electron chi connectivity index (χ3n) is 1.74. The zero-order chi connectivity index (χ0) is 9.26. The van der Waals surface area contributed by atoms with Gasteiger partial charge in [0.05, 0.1) is 0 Å². The highest BCUT2D eigenvalue weighted by molar-refractivity contribution is 9.05. The van der Waals surface area contributed by atoms with Crippen molar-refractivity contribution in [1.29, 1.82) is 0 Å². The number of hydrogen-bond acceptors (Lipinski definition) is 4. The number of furan rings is 1. The van der Waals surface area contributed by atoms with E-state index in [1.807, 2.05) is 25.1 Å². The second kappa shape index (κ2) is 3.90. The Bertz CT molecular complexity index is 422. The zero-order valence-electron chi connectivity index (χ0n) is 6.98. The number of benzene rings is 1. The van der Waals surface area contributed by atoms with E-state index in [1.54, 1.807) is 10.8 Å². The largest absolute Gasteiger partial charge is 0.461 e. The lowest BCUT2D eigenvalue weighted by molar-refractivity contribution is 0.578. The lowest BCUT2D eigenvalue weighted by Gasteiger charge is -1.94. The maximum absolute atomic E-state index is 5.47. The van der Waals surface area contributed by atoms with Gasteiger partial charge in [-0.3, -0.25) is 0 Å². The zero-order valence-corrected chi connectivity index (χ0v) is 9.51. The van der Waals surface area contributed by atoms with Gasteiger partial charge in [-0.05, 0) is 51.8 Å². The number of thiol groups is 1. The summed E-state index contributed by atoms with van der Waals surface area (Å²) < 4.78 is 5.47. The normalized spacial score (nSPS) is 10.9. The van der Waals surface area contributed by atoms with E-state index in [0.29, 0.717) is 0 Å². The highest BCUT2D eigenvalue weighted by atomic mass is 33.5. The molecule has 4 heteroatoms. The van der Waals surface area contributed by atoms with Crippen LogP contribution in [0.5, 0.6) is 0 Å². The highest BCUT2D eigenvalue weighted by Gasteiger charge is 2.01. The summed E-state index contributed by atoms with van der Waals surface area (Å²) in [5.74, 6) is 0.954. The molecule has 0 spiro atoms. The molecule has 13 heavy (non-hydrogen) atoms. The van der Waals surface area contributed by atoms with Gasteiger partial charge in [-0.25, -0.2) is 0 Å². The van der Waals surface area contributed by atoms with Gasteiger partial charge in [-0.1, -0.05) is 11.7 Å². The van der Waals surface area contributed by atoms with Crippen LogP contribution in [0, 0.1) is 6.92 Å². The molecule has 0 radical (unpaired) electrons. The van der Waals surface area contributed by atoms with Gasteiger partial charge in [0.1, 0.15) is 11.3 Å². The summed E-state index contributed by atoms with van der Waals surface area (Å²) in [4.78, 5) is 1.20. The van der Waals surface area contributed by atoms with Crippen molar-refractivity contribution in [2.45, 2.75) is 11.8 Å². The van der Waals surface area contributed by atoms with E-state index in [-0.39, 0.29) is 0 Å². The summed E-state index contributed by atoms with van der Waals surface area (Å²) in [7, 11) is 3.09. The van der Waals surface area contributed by atoms with Gasteiger partial charge < -0.3 is 4.42 Å². The third kappa shape index (κ3) is 2.00. The van der Waals surface area contributed by atoms with Crippen LogP contribution < -0.4 is 0 Å². The van der Waals surface area contributed by atoms with Crippen LogP contribution in [0.3, 0.4) is 0 Å². The van der Waals surface area contributed by atoms with Gasteiger partial charge in [-0.15, -0.1) is 0 Å². The van der Waals surface area contributed by atoms with Gasteiger partial charge >= 0.3 is 0 Å². The van der Waals surface area contributed by atoms with Crippen LogP contribution in [-0.2, 0) is 0 Å². The molecule has 0 fully saturated rings. The fraction of sp³-hybridized carbons (Fsp3) is 0.111. The van der Waals surface area contributed by atoms with Crippen molar-refractivity contribution in [2.75, 3.05) is 0 Å². The average molecular weight is 228 g/mol. The van der Waals surface area contributed by atoms with Crippen LogP contribution >= 0.6 is 32.3 Å². The smallest absolute Gasteiger partial charge is 0.134 e. The second-order valence-corrected chi connectivity index (χ2v) is 5.79. The molecule has 2 aromatic rings. The van der Waals surface area contributed by atoms with E-state index in [0.717, 1.165) is 16.7 Å². The molecule has 0 saturated heterocycles. The van der Waals surface area contributed by atoms with E-state index >= 15 is 0 Å². The molecule has 0 unspecified atom stereocenters. The standard InChI is InChI=1S/C9H8OS3/c1-6-4-7-5-8(12-13-11)2-3-9(7)10-6/h2-5,11H,1H3. The Balaban J connectivity index is 2.48. The van der Waals surface area contributed by atoms with Crippen LogP contribution in [0.4, 0.5) is 0 Å². The molecule has 0 atom stereocenters. The fourth-order valence-corrected chi connectivity index (χ4v) is 2.98. The molecule has 68 valence electrons. The van der Waals surface area contributed by atoms with Gasteiger partial charge in [0.25, 0.3) is 0 Å². The minimum Gasteiger partial charge on any atom is -0.461 e. The summed E-state index contributed by atoms with van der Waals surface area (Å²) in [5.41, 5.74) is 0.950. The van der Waals surface area contributed by atoms with Crippen molar-refractivity contribution in [3.8, 4) is 0 Å². The van der Waals surface area contributed by atoms with E-state index in [1.165, 1.54) is 14.7 Å². The highest BCUT2D eigenvalue weighted by Crippen LogP contribution is 2.35. The predicted molar refractivity (Wildman–Crippen MR) is 63.4 cm³/mol. The van der Waals surface area contributed by atoms with Crippen molar-refractivity contribution < 1.29 is 4.42 Å². The summed E-state index contributed by atoms with van der Waals surface area (Å²) >= 11 is 4.09. The van der Waals surface area contributed by atoms with Crippen molar-refractivity contribution in [3.63, 3.8) is 0 Å². The summed E-state index contributed by atoms with van der Waals surface area (Å²) in [6.45, 7) is 1.96. The lowest BCUT2D eigenvalue weighted by atomic mass is 10.2. The van der Waals surface area contributed by atoms with Crippen LogP contribution in [0.15, 0.2) is 33.6 Å². The Morgan fingerprint density at radius 3 is 2.92 bits per heavy atom. The maximum atomic E-state index is 5.47. The first-order valence-electron chi connectivity index (χ1n) is 3.78. The first kappa shape index (κ1) is 9.37. The Labute approximate surface area is 89.5 Å². The van der Waals surface area contributed by atoms with E-state index in [9.17, 15) is 0 Å². The first-order chi connectivity index (χ1) is 6.29. The second-order valence-electron chi connectivity index (χ2n) is 2.71. The van der Waals surface area contributed by atoms with Gasteiger partial charge in [-0.2, -0.15) is 0 Å². The Morgan fingerprint density at radius 1 is 1.31 bits per heavy atom. The Morgan fingerprint density at radius 2 is 2.15 bits per heavy atom. The Hall–Kier alpha value is -0.190. The molecule has 0 aliphatic rings. The molecule has 0 saturated carbocycles. The lowest BCUT2D eigenvalue weighted by Crippen LogP contribution is -1.66. The topological polar surface area (TPSA) is 13.1 Å². The first-order valence-corrected chi connectivity index (χ1v) is 6.98. The van der Waals surface area contributed by atoms with Crippen molar-refractivity contribution in [3.05, 3.63) is 30.0 Å². The summed E-state index contributed by atoms with van der Waals surface area (Å²) in [6, 6.07) is 8.19. The monoisotopic (exact) mass is 228 g/mol. The van der Waals surface area contributed by atoms with E-state index < -0.39 is 0 Å². The molecule has 2 rings (SSSR count). The van der Waals surface area contributed by atoms with Crippen LogP contribution in [-0.4, -0.2) is 0 Å². The SMILES string of the molecule is Cc1cc2cc(SSS)ccc2o1. The van der Waals surface area contributed by atoms with E-state index in [2.05, 4.69) is 17.7 Å². The predicted octanol–water partition coefficient (Wildman–Crippen LogP) is 4.33. The molecule has 1 aromatic carbocycles. The van der Waals surface area contributed by atoms with Crippen molar-refractivity contribution in [1.82, 2.24) is 0 Å². The number of hydrogen-bond donors (Lipinski definition) is 1. The number of aryl methyl sites for hydroxylation is 1. The van der Waals surface area contributed by atoms with E-state index in [4.69, 9.17) is 4.42 Å². The molecular weight excluding hydrogens is 220 g/mol. The maximum Gasteiger partial charge on any atom is 0.134 e. The molecule has 0 N–H and O–H groups in total. The van der Waals surface area contributed by atoms with Crippen LogP contribution in [0.2, 0.25) is 0 Å². The third-order valence-corrected chi connectivity index (χ3v) is 3.74. The van der Waals surface area contributed by atoms with Gasteiger partial charge in [0, 0.05) is 10.3 Å². The molecule has 0 amide bonds. The quantitative estimate of drug-likeness (QED) is 0.607. The molecular formula is C9H8OS3. The molecule has 1 aromatic heterocycles. The Kier molecular flexibility index (Phi) is 2.81. The fourth-order valence-electron chi connectivity index (χ4n) is 1.25. The minimum absolute atomic E-state index is 0.950. The summed E-state index contributed by atoms with van der Waals surface area (Å²) in [5, 5.41) is 1.16.